The van der Waals surface area contributed by atoms with Crippen LogP contribution >= 0.6 is 0 Å². The fourth-order valence-electron chi connectivity index (χ4n) is 16.7. The first kappa shape index (κ1) is 41.1. The predicted molar refractivity (Wildman–Crippen MR) is 313 cm³/mol. The average Bonchev–Trinajstić information content (AvgIpc) is 4.26. The number of ether oxygens (including phenoxy) is 2. The fraction of sp³-hybridized carbons (Fsp3) is 0.0833. The highest BCUT2D eigenvalue weighted by Gasteiger charge is 2.60. The molecule has 360 valence electrons. The molecule has 0 aromatic heterocycles. The minimum absolute atomic E-state index is 0.485. The maximum atomic E-state index is 7.60. The Bertz CT molecular complexity index is 4550. The van der Waals surface area contributed by atoms with E-state index in [1.54, 1.807) is 0 Å². The number of fused-ring (bicyclic) bond motifs is 23. The van der Waals surface area contributed by atoms with Crippen molar-refractivity contribution in [3.8, 4) is 67.5 Å². The Morgan fingerprint density at radius 3 is 1.25 bits per heavy atom. The van der Waals surface area contributed by atoms with Crippen LogP contribution in [0.3, 0.4) is 0 Å². The van der Waals surface area contributed by atoms with Gasteiger partial charge < -0.3 is 19.3 Å². The maximum absolute atomic E-state index is 7.60. The molecule has 0 radical (unpaired) electrons. The Morgan fingerprint density at radius 1 is 0.338 bits per heavy atom. The molecule has 0 amide bonds. The summed E-state index contributed by atoms with van der Waals surface area (Å²) in [6.45, 7) is 9.32. The van der Waals surface area contributed by atoms with Crippen molar-refractivity contribution in [1.29, 1.82) is 0 Å². The van der Waals surface area contributed by atoms with Gasteiger partial charge in [-0.3, -0.25) is 0 Å². The molecule has 4 heterocycles. The van der Waals surface area contributed by atoms with Gasteiger partial charge in [0.05, 0.1) is 33.6 Å². The monoisotopic (exact) mass is 998 g/mol. The fourth-order valence-corrected chi connectivity index (χ4v) is 21.5. The molecule has 11 aromatic carbocycles. The molecule has 0 bridgehead atoms. The number of nitrogens with zero attached hydrogens (tertiary/aromatic N) is 2. The summed E-state index contributed by atoms with van der Waals surface area (Å²) in [7, 11) is -2.91. The van der Waals surface area contributed by atoms with Gasteiger partial charge >= 0.3 is 0 Å². The molecule has 0 fully saturated rings. The van der Waals surface area contributed by atoms with E-state index in [0.29, 0.717) is 0 Å². The van der Waals surface area contributed by atoms with Crippen LogP contribution in [0.4, 0.5) is 34.1 Å². The standard InChI is InChI=1S/C72H46N2O2Si/c1-39-31-60-68-64(33-39)75-65-34-40(2)32-61-69(65)77(68,4)70-62(73(60)42-29-30-49-47-21-9-15-27-55(47)71(57(49)36-42)51-23-11-5-17-43(51)44-18-6-12-24-52(44)71)35-41(3)67-66(70)74(61)59-38-58-50(37-63(59)76-67)48-22-10-16-28-56(48)72(58)53-25-13-7-19-45(53)46-20-8-14-26-54(46)72/h5-38H,1-4H3. The molecule has 2 spiro atoms. The second-order valence-electron chi connectivity index (χ2n) is 22.9. The molecule has 1 unspecified atom stereocenters. The molecule has 4 nitrogen and oxygen atoms in total. The van der Waals surface area contributed by atoms with Crippen molar-refractivity contribution < 1.29 is 9.47 Å². The van der Waals surface area contributed by atoms with Crippen molar-refractivity contribution >= 4 is 57.8 Å². The molecule has 4 aliphatic heterocycles. The Hall–Kier alpha value is -9.16. The highest BCUT2D eigenvalue weighted by atomic mass is 28.3. The lowest BCUT2D eigenvalue weighted by Gasteiger charge is -2.53. The predicted octanol–water partition coefficient (Wildman–Crippen LogP) is 16.2. The minimum atomic E-state index is -2.91. The van der Waals surface area contributed by atoms with Crippen LogP contribution in [0.5, 0.6) is 23.0 Å². The first-order valence-corrected chi connectivity index (χ1v) is 29.7. The number of hydrogen-bond donors (Lipinski definition) is 0. The van der Waals surface area contributed by atoms with E-state index >= 15 is 0 Å². The van der Waals surface area contributed by atoms with Crippen LogP contribution in [0.2, 0.25) is 6.55 Å². The van der Waals surface area contributed by atoms with Crippen LogP contribution in [-0.2, 0) is 10.8 Å². The van der Waals surface area contributed by atoms with E-state index in [0.717, 1.165) is 45.6 Å². The normalized spacial score (nSPS) is 17.5. The highest BCUT2D eigenvalue weighted by Crippen LogP contribution is 2.68. The third kappa shape index (κ3) is 4.43. The number of hydrogen-bond acceptors (Lipinski definition) is 4. The Kier molecular flexibility index (Phi) is 7.18. The lowest BCUT2D eigenvalue weighted by molar-refractivity contribution is 0.472. The highest BCUT2D eigenvalue weighted by molar-refractivity contribution is 7.15. The smallest absolute Gasteiger partial charge is 0.166 e. The molecule has 4 aliphatic carbocycles. The molecule has 0 N–H and O–H groups in total. The summed E-state index contributed by atoms with van der Waals surface area (Å²) >= 11 is 0. The zero-order chi connectivity index (χ0) is 50.6. The summed E-state index contributed by atoms with van der Waals surface area (Å²) in [5.74, 6) is 3.74. The molecular weight excluding hydrogens is 953 g/mol. The van der Waals surface area contributed by atoms with Crippen molar-refractivity contribution in [3.63, 3.8) is 0 Å². The van der Waals surface area contributed by atoms with Crippen molar-refractivity contribution in [2.24, 2.45) is 0 Å². The van der Waals surface area contributed by atoms with Gasteiger partial charge in [-0.05, 0) is 181 Å². The van der Waals surface area contributed by atoms with Crippen molar-refractivity contribution in [1.82, 2.24) is 0 Å². The van der Waals surface area contributed by atoms with Gasteiger partial charge in [-0.1, -0.05) is 158 Å². The van der Waals surface area contributed by atoms with Crippen LogP contribution in [0, 0.1) is 20.8 Å². The second-order valence-corrected chi connectivity index (χ2v) is 26.7. The largest absolute Gasteiger partial charge is 0.457 e. The van der Waals surface area contributed by atoms with Crippen molar-refractivity contribution in [2.75, 3.05) is 9.80 Å². The van der Waals surface area contributed by atoms with E-state index in [2.05, 4.69) is 243 Å². The van der Waals surface area contributed by atoms with E-state index in [4.69, 9.17) is 9.47 Å². The van der Waals surface area contributed by atoms with Crippen LogP contribution < -0.4 is 34.8 Å². The first-order chi connectivity index (χ1) is 37.8. The van der Waals surface area contributed by atoms with E-state index in [1.807, 2.05) is 0 Å². The molecule has 0 saturated carbocycles. The summed E-state index contributed by atoms with van der Waals surface area (Å²) in [6, 6.07) is 78.8. The van der Waals surface area contributed by atoms with Gasteiger partial charge in [0.1, 0.15) is 11.5 Å². The minimum Gasteiger partial charge on any atom is -0.457 e. The Labute approximate surface area is 447 Å². The number of benzene rings is 11. The van der Waals surface area contributed by atoms with Crippen LogP contribution in [-0.4, -0.2) is 8.07 Å². The van der Waals surface area contributed by atoms with E-state index in [-0.39, 0.29) is 0 Å². The lowest BCUT2D eigenvalue weighted by atomic mass is 9.70. The number of aryl methyl sites for hydroxylation is 3. The third-order valence-corrected chi connectivity index (χ3v) is 23.8. The molecule has 77 heavy (non-hydrogen) atoms. The maximum Gasteiger partial charge on any atom is 0.166 e. The summed E-state index contributed by atoms with van der Waals surface area (Å²) in [5, 5.41) is 4.02. The van der Waals surface area contributed by atoms with Crippen LogP contribution in [0.1, 0.15) is 61.2 Å². The number of rotatable bonds is 1. The molecule has 0 saturated heterocycles. The summed E-state index contributed by atoms with van der Waals surface area (Å²) in [6.07, 6.45) is 0. The lowest BCUT2D eigenvalue weighted by Crippen LogP contribution is -2.73. The summed E-state index contributed by atoms with van der Waals surface area (Å²) in [4.78, 5) is 5.21. The molecular formula is C72H46N2O2Si. The molecule has 11 aromatic rings. The summed E-state index contributed by atoms with van der Waals surface area (Å²) < 4.78 is 15.0. The third-order valence-electron chi connectivity index (χ3n) is 19.3. The zero-order valence-corrected chi connectivity index (χ0v) is 43.8. The van der Waals surface area contributed by atoms with Gasteiger partial charge in [0.25, 0.3) is 0 Å². The van der Waals surface area contributed by atoms with Crippen molar-refractivity contribution in [2.45, 2.75) is 38.1 Å². The van der Waals surface area contributed by atoms with Gasteiger partial charge in [0, 0.05) is 26.9 Å². The molecule has 19 rings (SSSR count). The molecule has 8 aliphatic rings. The number of anilines is 6. The Morgan fingerprint density at radius 2 is 0.753 bits per heavy atom. The molecule has 5 heteroatoms. The van der Waals surface area contributed by atoms with Crippen LogP contribution in [0.15, 0.2) is 206 Å². The van der Waals surface area contributed by atoms with E-state index < -0.39 is 18.9 Å². The van der Waals surface area contributed by atoms with Gasteiger partial charge in [0.15, 0.2) is 19.6 Å². The quantitative estimate of drug-likeness (QED) is 0.153. The second kappa shape index (κ2) is 13.4. The van der Waals surface area contributed by atoms with E-state index in [1.165, 1.54) is 133 Å². The van der Waals surface area contributed by atoms with Gasteiger partial charge in [-0.2, -0.15) is 0 Å². The van der Waals surface area contributed by atoms with Gasteiger partial charge in [-0.15, -0.1) is 0 Å². The van der Waals surface area contributed by atoms with E-state index in [9.17, 15) is 0 Å². The van der Waals surface area contributed by atoms with Gasteiger partial charge in [0.2, 0.25) is 0 Å². The SMILES string of the molecule is Cc1cc2c3c(c1)N(c1ccc4c(c1)C1(c5ccccc5-c5ccccc51)c1ccccc1-4)c1cc(C)c4c5c1[Si]3(C)c1c(cc(C)cc1N5c1cc3c(cc1O4)-c1ccccc1C31c3ccccc3-c3ccccc31)O2. The Balaban J connectivity index is 0.903. The first-order valence-electron chi connectivity index (χ1n) is 27.2. The zero-order valence-electron chi connectivity index (χ0n) is 42.8. The topological polar surface area (TPSA) is 24.9 Å². The average molecular weight is 999 g/mol. The molecule has 1 atom stereocenters. The summed E-state index contributed by atoms with van der Waals surface area (Å²) in [5.41, 5.74) is 30.3. The van der Waals surface area contributed by atoms with Gasteiger partial charge in [-0.25, -0.2) is 0 Å². The van der Waals surface area contributed by atoms with Crippen LogP contribution in [0.25, 0.3) is 44.5 Å². The van der Waals surface area contributed by atoms with Crippen molar-refractivity contribution in [3.05, 3.63) is 267 Å².